The maximum absolute atomic E-state index is 10.9. The van der Waals surface area contributed by atoms with Crippen LogP contribution in [0.25, 0.3) is 0 Å². The van der Waals surface area contributed by atoms with E-state index < -0.39 is 17.7 Å². The van der Waals surface area contributed by atoms with Crippen LogP contribution in [-0.4, -0.2) is 28.7 Å². The number of hydrogen-bond donors (Lipinski definition) is 2. The molecule has 1 amide bonds. The summed E-state index contributed by atoms with van der Waals surface area (Å²) in [6, 6.07) is 0.676. The molecule has 0 rings (SSSR count). The third-order valence-electron chi connectivity index (χ3n) is 1.38. The lowest BCUT2D eigenvalue weighted by Crippen LogP contribution is -2.40. The average Bonchev–Trinajstić information content (AvgIpc) is 2.06. The van der Waals surface area contributed by atoms with Crippen LogP contribution in [0.15, 0.2) is 5.16 Å². The van der Waals surface area contributed by atoms with Crippen molar-refractivity contribution < 1.29 is 14.8 Å². The Hall–Kier alpha value is -1.90. The zero-order valence-electron chi connectivity index (χ0n) is 7.24. The molecule has 6 heteroatoms. The van der Waals surface area contributed by atoms with Crippen LogP contribution in [0.5, 0.6) is 0 Å². The molecule has 0 aromatic heterocycles. The fourth-order valence-electron chi connectivity index (χ4n) is 0.485. The Balaban J connectivity index is 4.33. The summed E-state index contributed by atoms with van der Waals surface area (Å²) in [5.41, 5.74) is -0.673. The van der Waals surface area contributed by atoms with Gasteiger partial charge in [-0.2, -0.15) is 5.26 Å². The maximum atomic E-state index is 10.9. The SMILES string of the molecule is CC(=O)C(C)NC(=O)C(C#N)=NO. The van der Waals surface area contributed by atoms with Crippen LogP contribution in [0, 0.1) is 11.3 Å². The van der Waals surface area contributed by atoms with Gasteiger partial charge in [0.15, 0.2) is 5.78 Å². The van der Waals surface area contributed by atoms with E-state index in [2.05, 4.69) is 10.5 Å². The summed E-state index contributed by atoms with van der Waals surface area (Å²) in [6.45, 7) is 2.76. The predicted molar refractivity (Wildman–Crippen MR) is 43.1 cm³/mol. The molecule has 0 aliphatic heterocycles. The standard InChI is InChI=1S/C7H9N3O3/c1-4(5(2)11)9-7(12)6(3-8)10-13/h4,13H,1-2H3,(H,9,12). The molecule has 6 nitrogen and oxygen atoms in total. The number of hydrogen-bond acceptors (Lipinski definition) is 5. The van der Waals surface area contributed by atoms with Crippen LogP contribution >= 0.6 is 0 Å². The number of carbonyl (C=O) groups is 2. The summed E-state index contributed by atoms with van der Waals surface area (Å²) in [6.07, 6.45) is 0. The van der Waals surface area contributed by atoms with E-state index in [1.807, 2.05) is 0 Å². The number of carbonyl (C=O) groups excluding carboxylic acids is 2. The quantitative estimate of drug-likeness (QED) is 0.347. The Morgan fingerprint density at radius 2 is 2.15 bits per heavy atom. The third kappa shape index (κ3) is 3.33. The van der Waals surface area contributed by atoms with Crippen molar-refractivity contribution in [1.29, 1.82) is 5.26 Å². The van der Waals surface area contributed by atoms with Gasteiger partial charge in [0.2, 0.25) is 5.71 Å². The molecule has 0 radical (unpaired) electrons. The maximum Gasteiger partial charge on any atom is 0.284 e. The Kier molecular flexibility index (Phi) is 4.16. The number of amides is 1. The molecule has 13 heavy (non-hydrogen) atoms. The van der Waals surface area contributed by atoms with E-state index in [9.17, 15) is 9.59 Å². The molecule has 0 aromatic carbocycles. The minimum Gasteiger partial charge on any atom is -0.410 e. The number of nitrogens with zero attached hydrogens (tertiary/aromatic N) is 2. The molecule has 0 aromatic rings. The van der Waals surface area contributed by atoms with Crippen molar-refractivity contribution in [3.63, 3.8) is 0 Å². The Labute approximate surface area is 74.8 Å². The topological polar surface area (TPSA) is 103 Å². The van der Waals surface area contributed by atoms with Gasteiger partial charge in [-0.3, -0.25) is 9.59 Å². The average molecular weight is 183 g/mol. The van der Waals surface area contributed by atoms with Gasteiger partial charge in [0.1, 0.15) is 6.07 Å². The minimum absolute atomic E-state index is 0.247. The molecule has 2 N–H and O–H groups in total. The number of rotatable bonds is 3. The first kappa shape index (κ1) is 11.1. The highest BCUT2D eigenvalue weighted by molar-refractivity contribution is 6.45. The first-order valence-corrected chi connectivity index (χ1v) is 3.46. The predicted octanol–water partition coefficient (Wildman–Crippen LogP) is -0.566. The second kappa shape index (κ2) is 4.87. The van der Waals surface area contributed by atoms with Crippen molar-refractivity contribution in [2.45, 2.75) is 19.9 Å². The Morgan fingerprint density at radius 1 is 1.62 bits per heavy atom. The van der Waals surface area contributed by atoms with E-state index >= 15 is 0 Å². The molecular formula is C7H9N3O3. The second-order valence-electron chi connectivity index (χ2n) is 2.37. The van der Waals surface area contributed by atoms with Crippen molar-refractivity contribution >= 4 is 17.4 Å². The minimum atomic E-state index is -0.868. The number of Topliss-reactive ketones (excluding diaryl/α,β-unsaturated/α-hetero) is 1. The highest BCUT2D eigenvalue weighted by Gasteiger charge is 2.16. The van der Waals surface area contributed by atoms with E-state index in [0.29, 0.717) is 0 Å². The van der Waals surface area contributed by atoms with Gasteiger partial charge >= 0.3 is 0 Å². The van der Waals surface area contributed by atoms with Crippen LogP contribution in [0.4, 0.5) is 0 Å². The lowest BCUT2D eigenvalue weighted by atomic mass is 10.2. The van der Waals surface area contributed by atoms with Gasteiger partial charge in [-0.25, -0.2) is 0 Å². The highest BCUT2D eigenvalue weighted by atomic mass is 16.4. The van der Waals surface area contributed by atoms with Gasteiger partial charge < -0.3 is 10.5 Å². The molecule has 0 saturated carbocycles. The van der Waals surface area contributed by atoms with Gasteiger partial charge in [0.25, 0.3) is 5.91 Å². The Morgan fingerprint density at radius 3 is 2.46 bits per heavy atom. The number of ketones is 1. The molecule has 0 saturated heterocycles. The summed E-state index contributed by atoms with van der Waals surface area (Å²) in [7, 11) is 0. The van der Waals surface area contributed by atoms with Crippen LogP contribution in [0.1, 0.15) is 13.8 Å². The van der Waals surface area contributed by atoms with Crippen molar-refractivity contribution in [2.75, 3.05) is 0 Å². The number of oxime groups is 1. The van der Waals surface area contributed by atoms with Gasteiger partial charge in [-0.15, -0.1) is 0 Å². The zero-order chi connectivity index (χ0) is 10.4. The first-order chi connectivity index (χ1) is 6.02. The van der Waals surface area contributed by atoms with E-state index in [-0.39, 0.29) is 5.78 Å². The Bertz CT molecular complexity index is 290. The van der Waals surface area contributed by atoms with Crippen molar-refractivity contribution in [3.05, 3.63) is 0 Å². The van der Waals surface area contributed by atoms with Gasteiger partial charge in [-0.1, -0.05) is 5.16 Å². The summed E-state index contributed by atoms with van der Waals surface area (Å²) in [4.78, 5) is 21.6. The molecule has 1 unspecified atom stereocenters. The number of nitrogens with one attached hydrogen (secondary N) is 1. The molecule has 1 atom stereocenters. The molecule has 0 aliphatic rings. The largest absolute Gasteiger partial charge is 0.410 e. The summed E-state index contributed by atoms with van der Waals surface area (Å²) >= 11 is 0. The van der Waals surface area contributed by atoms with Gasteiger partial charge in [0.05, 0.1) is 6.04 Å². The monoisotopic (exact) mass is 183 g/mol. The van der Waals surface area contributed by atoms with E-state index in [0.717, 1.165) is 0 Å². The summed E-state index contributed by atoms with van der Waals surface area (Å²) in [5.74, 6) is -1.11. The van der Waals surface area contributed by atoms with Crippen LogP contribution in [0.2, 0.25) is 0 Å². The van der Waals surface area contributed by atoms with E-state index in [1.54, 1.807) is 0 Å². The van der Waals surface area contributed by atoms with Gasteiger partial charge in [-0.05, 0) is 13.8 Å². The normalized spacial score (nSPS) is 12.8. The zero-order valence-corrected chi connectivity index (χ0v) is 7.24. The summed E-state index contributed by atoms with van der Waals surface area (Å²) in [5, 5.41) is 21.1. The van der Waals surface area contributed by atoms with Crippen LogP contribution in [0.3, 0.4) is 0 Å². The first-order valence-electron chi connectivity index (χ1n) is 3.46. The fraction of sp³-hybridized carbons (Fsp3) is 0.429. The molecule has 0 fully saturated rings. The molecule has 0 bridgehead atoms. The molecule has 0 spiro atoms. The van der Waals surface area contributed by atoms with E-state index in [1.165, 1.54) is 19.9 Å². The lowest BCUT2D eigenvalue weighted by Gasteiger charge is -2.07. The third-order valence-corrected chi connectivity index (χ3v) is 1.38. The van der Waals surface area contributed by atoms with Gasteiger partial charge in [0, 0.05) is 0 Å². The smallest absolute Gasteiger partial charge is 0.284 e. The van der Waals surface area contributed by atoms with Crippen molar-refractivity contribution in [1.82, 2.24) is 5.32 Å². The second-order valence-corrected chi connectivity index (χ2v) is 2.37. The summed E-state index contributed by atoms with van der Waals surface area (Å²) < 4.78 is 0. The van der Waals surface area contributed by atoms with Crippen molar-refractivity contribution in [3.8, 4) is 6.07 Å². The van der Waals surface area contributed by atoms with E-state index in [4.69, 9.17) is 10.5 Å². The van der Waals surface area contributed by atoms with Crippen LogP contribution in [-0.2, 0) is 9.59 Å². The van der Waals surface area contributed by atoms with Crippen molar-refractivity contribution in [2.24, 2.45) is 5.16 Å². The molecular weight excluding hydrogens is 174 g/mol. The molecule has 70 valence electrons. The molecule has 0 heterocycles. The molecule has 0 aliphatic carbocycles. The highest BCUT2D eigenvalue weighted by Crippen LogP contribution is 1.85. The number of nitriles is 1. The fourth-order valence-corrected chi connectivity index (χ4v) is 0.485. The van der Waals surface area contributed by atoms with Crippen LogP contribution < -0.4 is 5.32 Å². The lowest BCUT2D eigenvalue weighted by molar-refractivity contribution is -0.123.